The predicted molar refractivity (Wildman–Crippen MR) is 86.0 cm³/mol. The van der Waals surface area contributed by atoms with Crippen molar-refractivity contribution in [1.29, 1.82) is 0 Å². The summed E-state index contributed by atoms with van der Waals surface area (Å²) in [5.41, 5.74) is 0.250. The first-order valence-electron chi connectivity index (χ1n) is 7.08. The number of carbonyl (C=O) groups is 1. The van der Waals surface area contributed by atoms with Gasteiger partial charge in [0, 0.05) is 19.2 Å². The molecule has 0 aromatic heterocycles. The highest BCUT2D eigenvalue weighted by molar-refractivity contribution is 7.89. The van der Waals surface area contributed by atoms with Crippen molar-refractivity contribution in [2.75, 3.05) is 11.9 Å². The third-order valence-electron chi connectivity index (χ3n) is 3.19. The normalized spacial score (nSPS) is 13.7. The molecule has 1 atom stereocenters. The molecule has 22 heavy (non-hydrogen) atoms. The van der Waals surface area contributed by atoms with Crippen LogP contribution in [0.2, 0.25) is 0 Å². The molecule has 0 saturated heterocycles. The Balaban J connectivity index is 2.65. The summed E-state index contributed by atoms with van der Waals surface area (Å²) in [6, 6.07) is 5.90. The van der Waals surface area contributed by atoms with Gasteiger partial charge in [0.15, 0.2) is 0 Å². The largest absolute Gasteiger partial charge is 0.393 e. The monoisotopic (exact) mass is 328 g/mol. The Kier molecular flexibility index (Phi) is 6.10. The minimum absolute atomic E-state index is 0.117. The maximum absolute atomic E-state index is 12.1. The summed E-state index contributed by atoms with van der Waals surface area (Å²) in [5, 5.41) is 12.5. The average molecular weight is 328 g/mol. The van der Waals surface area contributed by atoms with E-state index in [9.17, 15) is 18.3 Å². The number of sulfonamides is 1. The Labute approximate surface area is 132 Å². The Morgan fingerprint density at radius 3 is 2.23 bits per heavy atom. The summed E-state index contributed by atoms with van der Waals surface area (Å²) in [5.74, 6) is -0.218. The van der Waals surface area contributed by atoms with Gasteiger partial charge >= 0.3 is 0 Å². The molecule has 6 nitrogen and oxygen atoms in total. The maximum Gasteiger partial charge on any atom is 0.240 e. The molecule has 3 N–H and O–H groups in total. The average Bonchev–Trinajstić information content (AvgIpc) is 2.37. The van der Waals surface area contributed by atoms with Crippen LogP contribution in [-0.2, 0) is 14.8 Å². The molecule has 0 radical (unpaired) electrons. The fraction of sp³-hybridized carbons (Fsp3) is 0.533. The lowest BCUT2D eigenvalue weighted by atomic mass is 9.87. The second kappa shape index (κ2) is 7.21. The lowest BCUT2D eigenvalue weighted by molar-refractivity contribution is -0.114. The van der Waals surface area contributed by atoms with Crippen LogP contribution in [0.25, 0.3) is 0 Å². The Morgan fingerprint density at radius 2 is 1.77 bits per heavy atom. The highest BCUT2D eigenvalue weighted by Crippen LogP contribution is 2.21. The molecule has 1 unspecified atom stereocenters. The van der Waals surface area contributed by atoms with Crippen molar-refractivity contribution in [1.82, 2.24) is 4.72 Å². The van der Waals surface area contributed by atoms with Gasteiger partial charge in [-0.25, -0.2) is 13.1 Å². The first-order chi connectivity index (χ1) is 10.0. The fourth-order valence-corrected chi connectivity index (χ4v) is 2.81. The molecule has 0 aliphatic carbocycles. The third kappa shape index (κ3) is 5.75. The molecule has 0 spiro atoms. The molecule has 0 heterocycles. The van der Waals surface area contributed by atoms with Crippen LogP contribution in [0.15, 0.2) is 29.2 Å². The van der Waals surface area contributed by atoms with Gasteiger partial charge in [0.25, 0.3) is 0 Å². The van der Waals surface area contributed by atoms with Crippen molar-refractivity contribution in [2.24, 2.45) is 5.41 Å². The first-order valence-corrected chi connectivity index (χ1v) is 8.56. The highest BCUT2D eigenvalue weighted by Gasteiger charge is 2.22. The van der Waals surface area contributed by atoms with E-state index in [1.807, 2.05) is 20.8 Å². The zero-order valence-electron chi connectivity index (χ0n) is 13.4. The van der Waals surface area contributed by atoms with Crippen molar-refractivity contribution in [3.05, 3.63) is 24.3 Å². The van der Waals surface area contributed by atoms with E-state index in [1.165, 1.54) is 31.2 Å². The van der Waals surface area contributed by atoms with E-state index >= 15 is 0 Å². The van der Waals surface area contributed by atoms with Gasteiger partial charge in [-0.15, -0.1) is 0 Å². The fourth-order valence-electron chi connectivity index (χ4n) is 1.77. The smallest absolute Gasteiger partial charge is 0.240 e. The second-order valence-electron chi connectivity index (χ2n) is 6.27. The van der Waals surface area contributed by atoms with Crippen molar-refractivity contribution in [2.45, 2.75) is 45.1 Å². The maximum atomic E-state index is 12.1. The number of rotatable bonds is 6. The van der Waals surface area contributed by atoms with Gasteiger partial charge in [-0.05, 0) is 36.1 Å². The summed E-state index contributed by atoms with van der Waals surface area (Å²) >= 11 is 0. The molecular formula is C15H24N2O4S. The summed E-state index contributed by atoms with van der Waals surface area (Å²) in [7, 11) is -3.62. The van der Waals surface area contributed by atoms with Crippen LogP contribution in [0.1, 0.15) is 34.1 Å². The van der Waals surface area contributed by atoms with Gasteiger partial charge in [0.2, 0.25) is 15.9 Å². The zero-order chi connectivity index (χ0) is 17.0. The van der Waals surface area contributed by atoms with Crippen LogP contribution in [0.4, 0.5) is 5.69 Å². The van der Waals surface area contributed by atoms with E-state index in [4.69, 9.17) is 0 Å². The van der Waals surface area contributed by atoms with E-state index in [2.05, 4.69) is 10.0 Å². The quantitative estimate of drug-likeness (QED) is 0.741. The standard InChI is InChI=1S/C15H24N2O4S/c1-11(18)17-12-5-7-13(8-6-12)22(20,21)16-10-9-14(19)15(2,3)4/h5-8,14,16,19H,9-10H2,1-4H3,(H,17,18). The van der Waals surface area contributed by atoms with Gasteiger partial charge in [-0.2, -0.15) is 0 Å². The Morgan fingerprint density at radius 1 is 1.23 bits per heavy atom. The van der Waals surface area contributed by atoms with Crippen molar-refractivity contribution >= 4 is 21.6 Å². The van der Waals surface area contributed by atoms with Gasteiger partial charge in [-0.3, -0.25) is 4.79 Å². The lowest BCUT2D eigenvalue weighted by Gasteiger charge is -2.25. The highest BCUT2D eigenvalue weighted by atomic mass is 32.2. The molecule has 1 rings (SSSR count). The number of aliphatic hydroxyl groups is 1. The molecular weight excluding hydrogens is 304 g/mol. The second-order valence-corrected chi connectivity index (χ2v) is 8.04. The van der Waals surface area contributed by atoms with Crippen molar-refractivity contribution in [3.63, 3.8) is 0 Å². The number of nitrogens with one attached hydrogen (secondary N) is 2. The number of hydrogen-bond donors (Lipinski definition) is 3. The van der Waals surface area contributed by atoms with Gasteiger partial charge < -0.3 is 10.4 Å². The number of benzene rings is 1. The lowest BCUT2D eigenvalue weighted by Crippen LogP contribution is -2.32. The topological polar surface area (TPSA) is 95.5 Å². The van der Waals surface area contributed by atoms with E-state index in [0.717, 1.165) is 0 Å². The summed E-state index contributed by atoms with van der Waals surface area (Å²) in [6.07, 6.45) is -0.246. The number of aliphatic hydroxyl groups excluding tert-OH is 1. The van der Waals surface area contributed by atoms with Gasteiger partial charge in [0.05, 0.1) is 11.0 Å². The summed E-state index contributed by atoms with van der Waals surface area (Å²) in [4.78, 5) is 11.0. The van der Waals surface area contributed by atoms with E-state index in [1.54, 1.807) is 0 Å². The molecule has 0 bridgehead atoms. The molecule has 7 heteroatoms. The van der Waals surface area contributed by atoms with Gasteiger partial charge in [0.1, 0.15) is 0 Å². The summed E-state index contributed by atoms with van der Waals surface area (Å²) in [6.45, 7) is 7.23. The van der Waals surface area contributed by atoms with E-state index in [0.29, 0.717) is 12.1 Å². The van der Waals surface area contributed by atoms with E-state index < -0.39 is 16.1 Å². The van der Waals surface area contributed by atoms with Crippen molar-refractivity contribution in [3.8, 4) is 0 Å². The molecule has 0 fully saturated rings. The minimum atomic E-state index is -3.62. The van der Waals surface area contributed by atoms with Crippen LogP contribution in [0.3, 0.4) is 0 Å². The molecule has 1 aromatic carbocycles. The minimum Gasteiger partial charge on any atom is -0.393 e. The van der Waals surface area contributed by atoms with Crippen LogP contribution in [0, 0.1) is 5.41 Å². The number of hydrogen-bond acceptors (Lipinski definition) is 4. The molecule has 1 amide bonds. The van der Waals surface area contributed by atoms with Gasteiger partial charge in [-0.1, -0.05) is 20.8 Å². The molecule has 0 aliphatic heterocycles. The third-order valence-corrected chi connectivity index (χ3v) is 4.67. The summed E-state index contributed by atoms with van der Waals surface area (Å²) < 4.78 is 26.7. The zero-order valence-corrected chi connectivity index (χ0v) is 14.2. The number of amides is 1. The SMILES string of the molecule is CC(=O)Nc1ccc(S(=O)(=O)NCCC(O)C(C)(C)C)cc1. The Bertz CT molecular complexity index is 603. The van der Waals surface area contributed by atoms with Crippen LogP contribution >= 0.6 is 0 Å². The molecule has 124 valence electrons. The van der Waals surface area contributed by atoms with Crippen LogP contribution in [-0.4, -0.2) is 32.1 Å². The molecule has 0 aliphatic rings. The van der Waals surface area contributed by atoms with Crippen molar-refractivity contribution < 1.29 is 18.3 Å². The number of anilines is 1. The van der Waals surface area contributed by atoms with E-state index in [-0.39, 0.29) is 22.8 Å². The van der Waals surface area contributed by atoms with Crippen LogP contribution in [0.5, 0.6) is 0 Å². The number of carbonyl (C=O) groups excluding carboxylic acids is 1. The Hall–Kier alpha value is -1.44. The van der Waals surface area contributed by atoms with Crippen LogP contribution < -0.4 is 10.0 Å². The predicted octanol–water partition coefficient (Wildman–Crippen LogP) is 1.72. The first kappa shape index (κ1) is 18.6. The molecule has 1 aromatic rings. The molecule has 0 saturated carbocycles.